The number of hydrogen-bond donors (Lipinski definition) is 1. The highest BCUT2D eigenvalue weighted by Crippen LogP contribution is 2.32. The average Bonchev–Trinajstić information content (AvgIpc) is 2.61. The molecule has 0 saturated carbocycles. The highest BCUT2D eigenvalue weighted by Gasteiger charge is 2.27. The number of nitrogens with two attached hydrogens (primary N) is 1. The van der Waals surface area contributed by atoms with Gasteiger partial charge in [0.1, 0.15) is 0 Å². The predicted octanol–water partition coefficient (Wildman–Crippen LogP) is 1.61. The number of methoxy groups -OCH3 is 1. The van der Waals surface area contributed by atoms with Gasteiger partial charge in [-0.2, -0.15) is 5.10 Å². The minimum Gasteiger partial charge on any atom is -0.481 e. The van der Waals surface area contributed by atoms with Gasteiger partial charge in [0.05, 0.1) is 24.4 Å². The second-order valence-electron chi connectivity index (χ2n) is 5.33. The number of rotatable bonds is 4. The highest BCUT2D eigenvalue weighted by atomic mass is 16.5. The maximum absolute atomic E-state index is 6.05. The molecule has 1 aliphatic rings. The Morgan fingerprint density at radius 1 is 1.26 bits per heavy atom. The molecule has 1 atom stereocenters. The fourth-order valence-corrected chi connectivity index (χ4v) is 3.14. The number of nitrogens with zero attached hydrogens (tertiary/aromatic N) is 3. The van der Waals surface area contributed by atoms with Gasteiger partial charge in [-0.05, 0) is 32.9 Å². The van der Waals surface area contributed by atoms with Crippen LogP contribution in [0.15, 0.2) is 0 Å². The number of ether oxygens (including phenoxy) is 1. The van der Waals surface area contributed by atoms with Crippen LogP contribution in [-0.4, -0.2) is 41.4 Å². The van der Waals surface area contributed by atoms with Crippen LogP contribution in [0.5, 0.6) is 5.88 Å². The molecule has 19 heavy (non-hydrogen) atoms. The standard InChI is InChI=1S/C14H26N4O/c1-11-13(14(19-3)17(2)16-11)12(10-15)18-8-6-4-5-7-9-18/h12H,4-10,15H2,1-3H3. The Balaban J connectivity index is 2.30. The summed E-state index contributed by atoms with van der Waals surface area (Å²) in [6, 6.07) is 0.224. The first-order valence-corrected chi connectivity index (χ1v) is 7.20. The average molecular weight is 266 g/mol. The lowest BCUT2D eigenvalue weighted by Crippen LogP contribution is -2.35. The van der Waals surface area contributed by atoms with Gasteiger partial charge in [0.25, 0.3) is 0 Å². The van der Waals surface area contributed by atoms with E-state index in [1.54, 1.807) is 7.11 Å². The summed E-state index contributed by atoms with van der Waals surface area (Å²) >= 11 is 0. The molecule has 2 rings (SSSR count). The van der Waals surface area contributed by atoms with Crippen molar-refractivity contribution in [2.24, 2.45) is 12.8 Å². The van der Waals surface area contributed by atoms with Gasteiger partial charge in [-0.25, -0.2) is 4.68 Å². The largest absolute Gasteiger partial charge is 0.481 e. The molecule has 1 aromatic rings. The number of likely N-dealkylation sites (tertiary alicyclic amines) is 1. The Morgan fingerprint density at radius 2 is 1.89 bits per heavy atom. The van der Waals surface area contributed by atoms with Gasteiger partial charge >= 0.3 is 0 Å². The second kappa shape index (κ2) is 6.39. The van der Waals surface area contributed by atoms with Crippen LogP contribution in [-0.2, 0) is 7.05 Å². The lowest BCUT2D eigenvalue weighted by molar-refractivity contribution is 0.204. The van der Waals surface area contributed by atoms with E-state index >= 15 is 0 Å². The Bertz CT molecular complexity index is 408. The van der Waals surface area contributed by atoms with E-state index in [9.17, 15) is 0 Å². The first kappa shape index (κ1) is 14.3. The van der Waals surface area contributed by atoms with Crippen molar-refractivity contribution in [1.29, 1.82) is 0 Å². The van der Waals surface area contributed by atoms with E-state index in [2.05, 4.69) is 10.00 Å². The molecule has 2 heterocycles. The molecule has 1 unspecified atom stereocenters. The maximum Gasteiger partial charge on any atom is 0.216 e. The van der Waals surface area contributed by atoms with Gasteiger partial charge in [0.2, 0.25) is 5.88 Å². The third-order valence-corrected chi connectivity index (χ3v) is 4.05. The summed E-state index contributed by atoms with van der Waals surface area (Å²) in [6.07, 6.45) is 5.18. The quantitative estimate of drug-likeness (QED) is 0.899. The molecular formula is C14H26N4O. The summed E-state index contributed by atoms with van der Waals surface area (Å²) < 4.78 is 7.33. The molecule has 0 bridgehead atoms. The van der Waals surface area contributed by atoms with Gasteiger partial charge in [-0.1, -0.05) is 12.8 Å². The van der Waals surface area contributed by atoms with Crippen molar-refractivity contribution >= 4 is 0 Å². The first-order chi connectivity index (χ1) is 9.19. The van der Waals surface area contributed by atoms with Gasteiger partial charge in [-0.3, -0.25) is 4.90 Å². The fraction of sp³-hybridized carbons (Fsp3) is 0.786. The van der Waals surface area contributed by atoms with Crippen molar-refractivity contribution in [3.05, 3.63) is 11.3 Å². The van der Waals surface area contributed by atoms with Gasteiger partial charge in [0, 0.05) is 13.6 Å². The third kappa shape index (κ3) is 2.92. The number of hydrogen-bond acceptors (Lipinski definition) is 4. The summed E-state index contributed by atoms with van der Waals surface area (Å²) in [5.74, 6) is 0.845. The second-order valence-corrected chi connectivity index (χ2v) is 5.33. The summed E-state index contributed by atoms with van der Waals surface area (Å²) in [6.45, 7) is 4.90. The first-order valence-electron chi connectivity index (χ1n) is 7.20. The molecule has 108 valence electrons. The van der Waals surface area contributed by atoms with Crippen molar-refractivity contribution in [3.8, 4) is 5.88 Å². The van der Waals surface area contributed by atoms with Crippen LogP contribution in [0, 0.1) is 6.92 Å². The van der Waals surface area contributed by atoms with Crippen LogP contribution in [0.2, 0.25) is 0 Å². The zero-order valence-corrected chi connectivity index (χ0v) is 12.4. The van der Waals surface area contributed by atoms with Crippen molar-refractivity contribution < 1.29 is 4.74 Å². The molecule has 5 nitrogen and oxygen atoms in total. The van der Waals surface area contributed by atoms with Gasteiger partial charge < -0.3 is 10.5 Å². The van der Waals surface area contributed by atoms with Crippen LogP contribution in [0.1, 0.15) is 43.0 Å². The molecule has 1 fully saturated rings. The minimum absolute atomic E-state index is 0.224. The Morgan fingerprint density at radius 3 is 2.42 bits per heavy atom. The van der Waals surface area contributed by atoms with Gasteiger partial charge in [0.15, 0.2) is 0 Å². The lowest BCUT2D eigenvalue weighted by Gasteiger charge is -2.30. The van der Waals surface area contributed by atoms with Crippen LogP contribution < -0.4 is 10.5 Å². The Hall–Kier alpha value is -1.07. The summed E-state index contributed by atoms with van der Waals surface area (Å²) in [5, 5.41) is 4.48. The fourth-order valence-electron chi connectivity index (χ4n) is 3.14. The Labute approximate surface area is 115 Å². The van der Waals surface area contributed by atoms with E-state index in [4.69, 9.17) is 10.5 Å². The molecule has 0 radical (unpaired) electrons. The summed E-state index contributed by atoms with van der Waals surface area (Å²) in [5.41, 5.74) is 8.24. The van der Waals surface area contributed by atoms with E-state index in [0.29, 0.717) is 6.54 Å². The van der Waals surface area contributed by atoms with E-state index < -0.39 is 0 Å². The third-order valence-electron chi connectivity index (χ3n) is 4.05. The number of aromatic nitrogens is 2. The molecule has 0 aliphatic carbocycles. The molecule has 0 aromatic carbocycles. The monoisotopic (exact) mass is 266 g/mol. The minimum atomic E-state index is 0.224. The summed E-state index contributed by atoms with van der Waals surface area (Å²) in [7, 11) is 3.63. The molecule has 1 aliphatic heterocycles. The molecular weight excluding hydrogens is 240 g/mol. The zero-order valence-electron chi connectivity index (χ0n) is 12.4. The maximum atomic E-state index is 6.05. The predicted molar refractivity (Wildman–Crippen MR) is 76.3 cm³/mol. The molecule has 2 N–H and O–H groups in total. The van der Waals surface area contributed by atoms with E-state index in [-0.39, 0.29) is 6.04 Å². The van der Waals surface area contributed by atoms with E-state index in [0.717, 1.165) is 30.2 Å². The van der Waals surface area contributed by atoms with Crippen LogP contribution in [0.25, 0.3) is 0 Å². The normalized spacial score (nSPS) is 19.2. The number of aryl methyl sites for hydroxylation is 2. The summed E-state index contributed by atoms with van der Waals surface area (Å²) in [4.78, 5) is 2.50. The van der Waals surface area contributed by atoms with Crippen LogP contribution >= 0.6 is 0 Å². The SMILES string of the molecule is COc1c(C(CN)N2CCCCCC2)c(C)nn1C. The molecule has 0 amide bonds. The van der Waals surface area contributed by atoms with Crippen molar-refractivity contribution in [2.45, 2.75) is 38.6 Å². The van der Waals surface area contributed by atoms with Gasteiger partial charge in [-0.15, -0.1) is 0 Å². The highest BCUT2D eigenvalue weighted by molar-refractivity contribution is 5.34. The Kier molecular flexibility index (Phi) is 4.82. The molecule has 0 spiro atoms. The topological polar surface area (TPSA) is 56.3 Å². The smallest absolute Gasteiger partial charge is 0.216 e. The van der Waals surface area contributed by atoms with Crippen molar-refractivity contribution in [2.75, 3.05) is 26.7 Å². The molecule has 1 saturated heterocycles. The molecule has 1 aromatic heterocycles. The van der Waals surface area contributed by atoms with Crippen molar-refractivity contribution in [3.63, 3.8) is 0 Å². The lowest BCUT2D eigenvalue weighted by atomic mass is 10.1. The zero-order chi connectivity index (χ0) is 13.8. The van der Waals surface area contributed by atoms with E-state index in [1.165, 1.54) is 25.7 Å². The van der Waals surface area contributed by atoms with Crippen LogP contribution in [0.4, 0.5) is 0 Å². The molecule has 5 heteroatoms. The van der Waals surface area contributed by atoms with Crippen LogP contribution in [0.3, 0.4) is 0 Å². The van der Waals surface area contributed by atoms with E-state index in [1.807, 2.05) is 18.7 Å². The van der Waals surface area contributed by atoms with Crippen molar-refractivity contribution in [1.82, 2.24) is 14.7 Å².